The molecule has 0 unspecified atom stereocenters. The van der Waals surface area contributed by atoms with E-state index < -0.39 is 5.97 Å². The minimum Gasteiger partial charge on any atom is -0.469 e. The normalized spacial score (nSPS) is 9.79. The van der Waals surface area contributed by atoms with Crippen molar-refractivity contribution in [3.8, 4) is 0 Å². The fraction of sp³-hybridized carbons (Fsp3) is 0.571. The first-order valence-electron chi connectivity index (χ1n) is 4.01. The summed E-state index contributed by atoms with van der Waals surface area (Å²) in [5.41, 5.74) is 0. The Hall–Kier alpha value is -1.79. The molecule has 0 bridgehead atoms. The van der Waals surface area contributed by atoms with Crippen LogP contribution in [0.4, 0.5) is 0 Å². The number of carbonyl (C=O) groups excluding carboxylic acids is 2. The Labute approximate surface area is 80.0 Å². The average molecular weight is 198 g/mol. The molecule has 0 atom stereocenters. The van der Waals surface area contributed by atoms with Gasteiger partial charge in [-0.1, -0.05) is 0 Å². The number of hydrogen-bond acceptors (Lipinski definition) is 6. The van der Waals surface area contributed by atoms with Gasteiger partial charge >= 0.3 is 5.97 Å². The lowest BCUT2D eigenvalue weighted by molar-refractivity contribution is -0.143. The van der Waals surface area contributed by atoms with E-state index in [9.17, 15) is 9.59 Å². The minimum absolute atomic E-state index is 0.188. The van der Waals surface area contributed by atoms with Crippen molar-refractivity contribution in [2.24, 2.45) is 0 Å². The van der Waals surface area contributed by atoms with Gasteiger partial charge in [0.2, 0.25) is 0 Å². The highest BCUT2D eigenvalue weighted by atomic mass is 16.5. The molecule has 14 heavy (non-hydrogen) atoms. The number of Topliss-reactive ketones (excluding diaryl/α,β-unsaturated/α-hetero) is 1. The van der Waals surface area contributed by atoms with Gasteiger partial charge in [-0.25, -0.2) is 4.68 Å². The summed E-state index contributed by atoms with van der Waals surface area (Å²) in [6.45, 7) is 0.378. The molecule has 0 spiro atoms. The Morgan fingerprint density at radius 3 is 2.86 bits per heavy atom. The van der Waals surface area contributed by atoms with Crippen LogP contribution < -0.4 is 0 Å². The maximum absolute atomic E-state index is 11.1. The van der Waals surface area contributed by atoms with Gasteiger partial charge in [0.05, 0.1) is 13.7 Å². The Kier molecular flexibility index (Phi) is 3.71. The van der Waals surface area contributed by atoms with Crippen LogP contribution in [-0.4, -0.2) is 39.1 Å². The van der Waals surface area contributed by atoms with Gasteiger partial charge < -0.3 is 4.74 Å². The lowest BCUT2D eigenvalue weighted by Gasteiger charge is -1.98. The van der Waals surface area contributed by atoms with Crippen molar-refractivity contribution in [1.29, 1.82) is 0 Å². The molecule has 0 saturated heterocycles. The number of nitrogens with zero attached hydrogens (tertiary/aromatic N) is 4. The maximum Gasteiger partial charge on any atom is 0.313 e. The number of methoxy groups -OCH3 is 1. The zero-order valence-electron chi connectivity index (χ0n) is 7.71. The third-order valence-electron chi connectivity index (χ3n) is 1.58. The van der Waals surface area contributed by atoms with Crippen LogP contribution in [0.1, 0.15) is 12.8 Å². The monoisotopic (exact) mass is 198 g/mol. The van der Waals surface area contributed by atoms with Gasteiger partial charge in [0, 0.05) is 6.42 Å². The molecule has 0 aliphatic rings. The number of carbonyl (C=O) groups is 2. The number of hydrogen-bond donors (Lipinski definition) is 0. The Morgan fingerprint density at radius 2 is 2.29 bits per heavy atom. The highest BCUT2D eigenvalue weighted by Gasteiger charge is 2.09. The first-order valence-corrected chi connectivity index (χ1v) is 4.01. The Balaban J connectivity index is 2.25. The number of tetrazole rings is 1. The van der Waals surface area contributed by atoms with Crippen LogP contribution >= 0.6 is 0 Å². The lowest BCUT2D eigenvalue weighted by atomic mass is 10.2. The summed E-state index contributed by atoms with van der Waals surface area (Å²) in [5, 5.41) is 10.4. The summed E-state index contributed by atoms with van der Waals surface area (Å²) >= 11 is 0. The summed E-state index contributed by atoms with van der Waals surface area (Å²) < 4.78 is 5.78. The number of rotatable bonds is 5. The molecule has 1 rings (SSSR count). The molecule has 7 heteroatoms. The Morgan fingerprint density at radius 1 is 1.50 bits per heavy atom. The van der Waals surface area contributed by atoms with Crippen LogP contribution in [0.2, 0.25) is 0 Å². The molecule has 0 N–H and O–H groups in total. The highest BCUT2D eigenvalue weighted by Crippen LogP contribution is 1.94. The van der Waals surface area contributed by atoms with Gasteiger partial charge in [0.15, 0.2) is 0 Å². The van der Waals surface area contributed by atoms with Crippen LogP contribution in [0.25, 0.3) is 0 Å². The maximum atomic E-state index is 11.1. The molecule has 0 fully saturated rings. The number of ketones is 1. The number of aromatic nitrogens is 4. The van der Waals surface area contributed by atoms with Gasteiger partial charge in [-0.2, -0.15) is 0 Å². The van der Waals surface area contributed by atoms with Crippen LogP contribution in [-0.2, 0) is 20.9 Å². The van der Waals surface area contributed by atoms with Crippen molar-refractivity contribution in [2.75, 3.05) is 7.11 Å². The molecule has 7 nitrogen and oxygen atoms in total. The van der Waals surface area contributed by atoms with Crippen LogP contribution in [0, 0.1) is 0 Å². The second-order valence-corrected chi connectivity index (χ2v) is 2.61. The number of esters is 1. The van der Waals surface area contributed by atoms with E-state index in [1.54, 1.807) is 0 Å². The molecule has 0 aliphatic carbocycles. The summed E-state index contributed by atoms with van der Waals surface area (Å²) in [5.74, 6) is -0.709. The quantitative estimate of drug-likeness (QED) is 0.454. The van der Waals surface area contributed by atoms with Crippen molar-refractivity contribution in [3.63, 3.8) is 0 Å². The van der Waals surface area contributed by atoms with Gasteiger partial charge in [-0.3, -0.25) is 9.59 Å². The molecule has 0 aliphatic heterocycles. The van der Waals surface area contributed by atoms with Gasteiger partial charge in [-0.05, 0) is 10.4 Å². The molecular weight excluding hydrogens is 188 g/mol. The average Bonchev–Trinajstić information content (AvgIpc) is 2.67. The fourth-order valence-corrected chi connectivity index (χ4v) is 0.844. The molecular formula is C7H10N4O3. The van der Waals surface area contributed by atoms with E-state index in [1.165, 1.54) is 18.1 Å². The predicted octanol–water partition coefficient (Wildman–Crippen LogP) is -0.805. The van der Waals surface area contributed by atoms with Crippen molar-refractivity contribution >= 4 is 11.8 Å². The first kappa shape index (κ1) is 10.3. The molecule has 0 amide bonds. The third kappa shape index (κ3) is 3.30. The Bertz CT molecular complexity index is 309. The fourth-order valence-electron chi connectivity index (χ4n) is 0.844. The van der Waals surface area contributed by atoms with Crippen molar-refractivity contribution in [1.82, 2.24) is 20.2 Å². The van der Waals surface area contributed by atoms with E-state index in [2.05, 4.69) is 20.3 Å². The summed E-state index contributed by atoms with van der Waals surface area (Å²) in [4.78, 5) is 21.8. The van der Waals surface area contributed by atoms with Crippen molar-refractivity contribution in [3.05, 3.63) is 6.33 Å². The minimum atomic E-state index is -0.522. The summed E-state index contributed by atoms with van der Waals surface area (Å²) in [7, 11) is 1.25. The van der Waals surface area contributed by atoms with Crippen molar-refractivity contribution in [2.45, 2.75) is 19.4 Å². The molecule has 0 saturated carbocycles. The van der Waals surface area contributed by atoms with Crippen LogP contribution in [0.15, 0.2) is 6.33 Å². The zero-order valence-corrected chi connectivity index (χ0v) is 7.71. The lowest BCUT2D eigenvalue weighted by Crippen LogP contribution is -2.12. The third-order valence-corrected chi connectivity index (χ3v) is 1.58. The highest BCUT2D eigenvalue weighted by molar-refractivity contribution is 5.95. The second-order valence-electron chi connectivity index (χ2n) is 2.61. The SMILES string of the molecule is COC(=O)CC(=O)CCn1cnnn1. The van der Waals surface area contributed by atoms with E-state index in [0.717, 1.165) is 0 Å². The van der Waals surface area contributed by atoms with E-state index in [0.29, 0.717) is 6.54 Å². The predicted molar refractivity (Wildman–Crippen MR) is 44.1 cm³/mol. The molecule has 0 aromatic carbocycles. The van der Waals surface area contributed by atoms with Gasteiger partial charge in [0.1, 0.15) is 18.5 Å². The largest absolute Gasteiger partial charge is 0.469 e. The smallest absolute Gasteiger partial charge is 0.313 e. The zero-order chi connectivity index (χ0) is 10.4. The number of ether oxygens (including phenoxy) is 1. The molecule has 1 aromatic heterocycles. The second kappa shape index (κ2) is 5.05. The van der Waals surface area contributed by atoms with Crippen molar-refractivity contribution < 1.29 is 14.3 Å². The molecule has 1 heterocycles. The standard InChI is InChI=1S/C7H10N4O3/c1-14-7(13)4-6(12)2-3-11-5-8-9-10-11/h5H,2-4H2,1H3. The van der Waals surface area contributed by atoms with E-state index in [4.69, 9.17) is 0 Å². The summed E-state index contributed by atoms with van der Waals surface area (Å²) in [6.07, 6.45) is 1.43. The number of aryl methyl sites for hydroxylation is 1. The van der Waals surface area contributed by atoms with Crippen LogP contribution in [0.5, 0.6) is 0 Å². The van der Waals surface area contributed by atoms with E-state index >= 15 is 0 Å². The molecule has 76 valence electrons. The van der Waals surface area contributed by atoms with E-state index in [-0.39, 0.29) is 18.6 Å². The first-order chi connectivity index (χ1) is 6.72. The molecule has 0 radical (unpaired) electrons. The van der Waals surface area contributed by atoms with Gasteiger partial charge in [-0.15, -0.1) is 5.10 Å². The van der Waals surface area contributed by atoms with Gasteiger partial charge in [0.25, 0.3) is 0 Å². The van der Waals surface area contributed by atoms with E-state index in [1.807, 2.05) is 0 Å². The summed E-state index contributed by atoms with van der Waals surface area (Å²) in [6, 6.07) is 0. The topological polar surface area (TPSA) is 87.0 Å². The molecule has 1 aromatic rings. The van der Waals surface area contributed by atoms with Crippen LogP contribution in [0.3, 0.4) is 0 Å².